The second-order valence-electron chi connectivity index (χ2n) is 11.3. The Morgan fingerprint density at radius 1 is 1.12 bits per heavy atom. The zero-order chi connectivity index (χ0) is 23.2. The molecule has 2 heterocycles. The van der Waals surface area contributed by atoms with Crippen molar-refractivity contribution < 1.29 is 9.53 Å². The molecule has 1 aromatic heterocycles. The number of nitrogens with one attached hydrogen (secondary N) is 1. The van der Waals surface area contributed by atoms with E-state index in [-0.39, 0.29) is 22.8 Å². The van der Waals surface area contributed by atoms with Crippen molar-refractivity contribution in [2.45, 2.75) is 59.5 Å². The standard InChI is InChI=1S/C28H39N3O2/c1-20-23(25(32)29-26-27(2,3)22-10-11-28(26,4)19-22)18-24(21-8-6-5-7-9-21)31(20)13-12-30-14-16-33-17-15-30/h5-9,18,22,26H,10-17,19H2,1-4H3,(H,29,32)/t22-,26?,28+/m1/s1. The van der Waals surface area contributed by atoms with Gasteiger partial charge < -0.3 is 14.6 Å². The van der Waals surface area contributed by atoms with Gasteiger partial charge in [0.25, 0.3) is 5.91 Å². The number of benzene rings is 1. The third kappa shape index (κ3) is 4.04. The van der Waals surface area contributed by atoms with E-state index in [0.717, 1.165) is 61.9 Å². The molecule has 1 aromatic carbocycles. The second-order valence-corrected chi connectivity index (χ2v) is 11.3. The molecule has 2 aliphatic carbocycles. The van der Waals surface area contributed by atoms with Crippen molar-refractivity contribution in [2.24, 2.45) is 16.7 Å². The van der Waals surface area contributed by atoms with Crippen molar-refractivity contribution in [2.75, 3.05) is 32.8 Å². The summed E-state index contributed by atoms with van der Waals surface area (Å²) in [7, 11) is 0. The van der Waals surface area contributed by atoms with Crippen molar-refractivity contribution in [3.05, 3.63) is 47.7 Å². The average molecular weight is 450 g/mol. The van der Waals surface area contributed by atoms with Crippen LogP contribution in [0.1, 0.15) is 56.1 Å². The van der Waals surface area contributed by atoms with Gasteiger partial charge in [0.1, 0.15) is 0 Å². The molecule has 5 heteroatoms. The Morgan fingerprint density at radius 2 is 1.85 bits per heavy atom. The lowest BCUT2D eigenvalue weighted by atomic mass is 9.68. The van der Waals surface area contributed by atoms with E-state index < -0.39 is 0 Å². The van der Waals surface area contributed by atoms with Crippen LogP contribution in [0, 0.1) is 23.7 Å². The minimum Gasteiger partial charge on any atom is -0.379 e. The van der Waals surface area contributed by atoms with E-state index in [1.165, 1.54) is 19.3 Å². The summed E-state index contributed by atoms with van der Waals surface area (Å²) >= 11 is 0. The van der Waals surface area contributed by atoms with Crippen LogP contribution in [0.3, 0.4) is 0 Å². The molecule has 1 N–H and O–H groups in total. The van der Waals surface area contributed by atoms with Crippen LogP contribution in [0.4, 0.5) is 0 Å². The number of fused-ring (bicyclic) bond motifs is 2. The van der Waals surface area contributed by atoms with Crippen LogP contribution >= 0.6 is 0 Å². The summed E-state index contributed by atoms with van der Waals surface area (Å²) in [5.41, 5.74) is 4.54. The fourth-order valence-corrected chi connectivity index (χ4v) is 6.95. The van der Waals surface area contributed by atoms with Crippen LogP contribution in [0.25, 0.3) is 11.3 Å². The van der Waals surface area contributed by atoms with E-state index in [1.807, 2.05) is 6.07 Å². The summed E-state index contributed by atoms with van der Waals surface area (Å²) in [5, 5.41) is 3.52. The molecule has 0 radical (unpaired) electrons. The highest BCUT2D eigenvalue weighted by Gasteiger charge is 2.59. The largest absolute Gasteiger partial charge is 0.379 e. The van der Waals surface area contributed by atoms with Gasteiger partial charge in [0.15, 0.2) is 0 Å². The molecule has 2 aromatic rings. The predicted octanol–water partition coefficient (Wildman–Crippen LogP) is 4.74. The molecule has 2 saturated carbocycles. The monoisotopic (exact) mass is 449 g/mol. The van der Waals surface area contributed by atoms with E-state index in [0.29, 0.717) is 5.92 Å². The first kappa shape index (κ1) is 22.7. The third-order valence-corrected chi connectivity index (χ3v) is 8.97. The fraction of sp³-hybridized carbons (Fsp3) is 0.607. The number of carbonyl (C=O) groups is 1. The first-order valence-corrected chi connectivity index (χ1v) is 12.7. The summed E-state index contributed by atoms with van der Waals surface area (Å²) in [6, 6.07) is 12.8. The minimum absolute atomic E-state index is 0.0849. The molecule has 1 amide bonds. The Morgan fingerprint density at radius 3 is 2.52 bits per heavy atom. The zero-order valence-electron chi connectivity index (χ0n) is 20.7. The van der Waals surface area contributed by atoms with Crippen LogP contribution in [0.15, 0.2) is 36.4 Å². The Balaban J connectivity index is 1.42. The van der Waals surface area contributed by atoms with E-state index in [9.17, 15) is 4.79 Å². The smallest absolute Gasteiger partial charge is 0.253 e. The van der Waals surface area contributed by atoms with Gasteiger partial charge in [0.2, 0.25) is 0 Å². The maximum atomic E-state index is 13.7. The predicted molar refractivity (Wildman–Crippen MR) is 132 cm³/mol. The summed E-state index contributed by atoms with van der Waals surface area (Å²) in [6.07, 6.45) is 3.76. The lowest BCUT2D eigenvalue weighted by Gasteiger charge is -2.43. The van der Waals surface area contributed by atoms with Gasteiger partial charge in [-0.05, 0) is 54.6 Å². The molecule has 3 atom stereocenters. The lowest BCUT2D eigenvalue weighted by molar-refractivity contribution is 0.0364. The first-order valence-electron chi connectivity index (χ1n) is 12.7. The SMILES string of the molecule is Cc1c(C(=O)NC2C(C)(C)[C@@H]3CC[C@@]2(C)C3)cc(-c2ccccc2)n1CCN1CCOCC1. The molecule has 1 unspecified atom stereocenters. The van der Waals surface area contributed by atoms with Crippen molar-refractivity contribution in [1.29, 1.82) is 0 Å². The molecule has 1 aliphatic heterocycles. The maximum Gasteiger partial charge on any atom is 0.253 e. The Kier molecular flexibility index (Phi) is 5.90. The summed E-state index contributed by atoms with van der Waals surface area (Å²) in [4.78, 5) is 16.1. The molecule has 3 fully saturated rings. The molecule has 178 valence electrons. The number of ether oxygens (including phenoxy) is 1. The molecule has 5 rings (SSSR count). The van der Waals surface area contributed by atoms with Crippen LogP contribution in [0.2, 0.25) is 0 Å². The zero-order valence-corrected chi connectivity index (χ0v) is 20.7. The van der Waals surface area contributed by atoms with Gasteiger partial charge in [-0.2, -0.15) is 0 Å². The molecule has 5 nitrogen and oxygen atoms in total. The van der Waals surface area contributed by atoms with E-state index in [2.05, 4.69) is 72.8 Å². The Hall–Kier alpha value is -2.11. The average Bonchev–Trinajstić information content (AvgIpc) is 3.43. The van der Waals surface area contributed by atoms with E-state index >= 15 is 0 Å². The molecular formula is C28H39N3O2. The molecular weight excluding hydrogens is 410 g/mol. The lowest BCUT2D eigenvalue weighted by Crippen LogP contribution is -2.52. The first-order chi connectivity index (χ1) is 15.8. The number of carbonyl (C=O) groups excluding carboxylic acids is 1. The quantitative estimate of drug-likeness (QED) is 0.693. The number of morpholine rings is 1. The molecule has 2 bridgehead atoms. The van der Waals surface area contributed by atoms with Gasteiger partial charge >= 0.3 is 0 Å². The number of hydrogen-bond acceptors (Lipinski definition) is 3. The van der Waals surface area contributed by atoms with Crippen molar-refractivity contribution in [3.8, 4) is 11.3 Å². The third-order valence-electron chi connectivity index (χ3n) is 8.97. The highest BCUT2D eigenvalue weighted by molar-refractivity contribution is 5.97. The summed E-state index contributed by atoms with van der Waals surface area (Å²) in [5.74, 6) is 0.800. The van der Waals surface area contributed by atoms with Gasteiger partial charge in [-0.25, -0.2) is 0 Å². The van der Waals surface area contributed by atoms with Gasteiger partial charge in [0.05, 0.1) is 18.8 Å². The van der Waals surface area contributed by atoms with Crippen LogP contribution in [-0.4, -0.2) is 54.3 Å². The van der Waals surface area contributed by atoms with E-state index in [1.54, 1.807) is 0 Å². The molecule has 1 saturated heterocycles. The van der Waals surface area contributed by atoms with Crippen molar-refractivity contribution >= 4 is 5.91 Å². The summed E-state index contributed by atoms with van der Waals surface area (Å²) in [6.45, 7) is 14.6. The highest BCUT2D eigenvalue weighted by Crippen LogP contribution is 2.62. The number of amides is 1. The normalized spacial score (nSPS) is 28.8. The maximum absolute atomic E-state index is 13.7. The highest BCUT2D eigenvalue weighted by atomic mass is 16.5. The van der Waals surface area contributed by atoms with Gasteiger partial charge in [0, 0.05) is 43.6 Å². The number of aromatic nitrogens is 1. The molecule has 3 aliphatic rings. The number of nitrogens with zero attached hydrogens (tertiary/aromatic N) is 2. The second kappa shape index (κ2) is 8.59. The van der Waals surface area contributed by atoms with E-state index in [4.69, 9.17) is 4.74 Å². The van der Waals surface area contributed by atoms with Gasteiger partial charge in [-0.1, -0.05) is 51.1 Å². The number of hydrogen-bond donors (Lipinski definition) is 1. The van der Waals surface area contributed by atoms with Crippen LogP contribution in [0.5, 0.6) is 0 Å². The molecule has 33 heavy (non-hydrogen) atoms. The summed E-state index contributed by atoms with van der Waals surface area (Å²) < 4.78 is 7.85. The van der Waals surface area contributed by atoms with Crippen molar-refractivity contribution in [3.63, 3.8) is 0 Å². The van der Waals surface area contributed by atoms with Gasteiger partial charge in [-0.15, -0.1) is 0 Å². The topological polar surface area (TPSA) is 46.5 Å². The fourth-order valence-electron chi connectivity index (χ4n) is 6.95. The van der Waals surface area contributed by atoms with Gasteiger partial charge in [-0.3, -0.25) is 9.69 Å². The van der Waals surface area contributed by atoms with Crippen LogP contribution in [-0.2, 0) is 11.3 Å². The number of rotatable bonds is 6. The Labute approximate surface area is 198 Å². The molecule has 0 spiro atoms. The Bertz CT molecular complexity index is 1000. The van der Waals surface area contributed by atoms with Crippen molar-refractivity contribution in [1.82, 2.24) is 14.8 Å². The van der Waals surface area contributed by atoms with Crippen LogP contribution < -0.4 is 5.32 Å². The minimum atomic E-state index is 0.0849.